The Morgan fingerprint density at radius 1 is 1.17 bits per heavy atom. The van der Waals surface area contributed by atoms with Crippen molar-refractivity contribution >= 4 is 39.5 Å². The lowest BCUT2D eigenvalue weighted by Gasteiger charge is -2.29. The zero-order valence-electron chi connectivity index (χ0n) is 17.6. The molecule has 2 aromatic carbocycles. The SMILES string of the molecule is Cc1ccc(SCC(=O)N(Cc2cccc(Br)c2)[C@@H](C)C(=O)NC2CCCC2)cc1. The van der Waals surface area contributed by atoms with Crippen molar-refractivity contribution in [2.24, 2.45) is 0 Å². The molecule has 0 heterocycles. The number of rotatable bonds is 8. The Labute approximate surface area is 191 Å². The van der Waals surface area contributed by atoms with Gasteiger partial charge >= 0.3 is 0 Å². The Morgan fingerprint density at radius 2 is 1.87 bits per heavy atom. The van der Waals surface area contributed by atoms with E-state index in [-0.39, 0.29) is 17.9 Å². The first-order valence-electron chi connectivity index (χ1n) is 10.5. The van der Waals surface area contributed by atoms with Gasteiger partial charge in [-0.05, 0) is 56.5 Å². The zero-order chi connectivity index (χ0) is 21.5. The summed E-state index contributed by atoms with van der Waals surface area (Å²) in [5, 5.41) is 3.14. The first-order valence-corrected chi connectivity index (χ1v) is 12.2. The van der Waals surface area contributed by atoms with Crippen LogP contribution in [0.15, 0.2) is 57.9 Å². The molecule has 1 fully saturated rings. The van der Waals surface area contributed by atoms with Gasteiger partial charge in [0.15, 0.2) is 0 Å². The minimum absolute atomic E-state index is 0.0328. The van der Waals surface area contributed by atoms with E-state index in [2.05, 4.69) is 21.2 Å². The summed E-state index contributed by atoms with van der Waals surface area (Å²) in [6.07, 6.45) is 4.38. The third-order valence-corrected chi connectivity index (χ3v) is 6.98. The van der Waals surface area contributed by atoms with E-state index in [1.807, 2.05) is 62.4 Å². The number of carbonyl (C=O) groups is 2. The van der Waals surface area contributed by atoms with Gasteiger partial charge in [-0.25, -0.2) is 0 Å². The van der Waals surface area contributed by atoms with Crippen LogP contribution in [0.4, 0.5) is 0 Å². The summed E-state index contributed by atoms with van der Waals surface area (Å²) in [5.74, 6) is 0.207. The summed E-state index contributed by atoms with van der Waals surface area (Å²) in [5.41, 5.74) is 2.19. The summed E-state index contributed by atoms with van der Waals surface area (Å²) in [6.45, 7) is 4.28. The van der Waals surface area contributed by atoms with Crippen molar-refractivity contribution in [1.29, 1.82) is 0 Å². The second-order valence-corrected chi connectivity index (χ2v) is 9.88. The molecule has 0 radical (unpaired) electrons. The fourth-order valence-corrected chi connectivity index (χ4v) is 4.90. The average Bonchev–Trinajstić information content (AvgIpc) is 3.24. The highest BCUT2D eigenvalue weighted by Crippen LogP contribution is 2.22. The van der Waals surface area contributed by atoms with Crippen molar-refractivity contribution in [3.05, 3.63) is 64.1 Å². The summed E-state index contributed by atoms with van der Waals surface area (Å²) in [6, 6.07) is 15.8. The van der Waals surface area contributed by atoms with Crippen molar-refractivity contribution in [2.45, 2.75) is 63.1 Å². The minimum atomic E-state index is -0.518. The second-order valence-electron chi connectivity index (χ2n) is 7.92. The van der Waals surface area contributed by atoms with Crippen molar-refractivity contribution in [2.75, 3.05) is 5.75 Å². The summed E-state index contributed by atoms with van der Waals surface area (Å²) >= 11 is 5.00. The van der Waals surface area contributed by atoms with Gasteiger partial charge in [-0.2, -0.15) is 0 Å². The Morgan fingerprint density at radius 3 is 2.53 bits per heavy atom. The molecule has 0 aromatic heterocycles. The van der Waals surface area contributed by atoms with Crippen LogP contribution in [0.5, 0.6) is 0 Å². The Hall–Kier alpha value is -1.79. The van der Waals surface area contributed by atoms with Crippen LogP contribution in [0.3, 0.4) is 0 Å². The summed E-state index contributed by atoms with van der Waals surface area (Å²) in [7, 11) is 0. The topological polar surface area (TPSA) is 49.4 Å². The quantitative estimate of drug-likeness (QED) is 0.511. The number of halogens is 1. The highest BCUT2D eigenvalue weighted by atomic mass is 79.9. The predicted octanol–water partition coefficient (Wildman–Crippen LogP) is 5.33. The van der Waals surface area contributed by atoms with Crippen LogP contribution in [0, 0.1) is 6.92 Å². The van der Waals surface area contributed by atoms with Gasteiger partial charge < -0.3 is 10.2 Å². The van der Waals surface area contributed by atoms with Gasteiger partial charge in [0.05, 0.1) is 5.75 Å². The Kier molecular flexibility index (Phi) is 8.40. The smallest absolute Gasteiger partial charge is 0.242 e. The molecule has 0 bridgehead atoms. The minimum Gasteiger partial charge on any atom is -0.352 e. The molecular weight excluding hydrogens is 460 g/mol. The van der Waals surface area contributed by atoms with E-state index in [4.69, 9.17) is 0 Å². The molecule has 160 valence electrons. The maximum Gasteiger partial charge on any atom is 0.242 e. The lowest BCUT2D eigenvalue weighted by molar-refractivity contribution is -0.138. The molecular formula is C24H29BrN2O2S. The molecule has 30 heavy (non-hydrogen) atoms. The van der Waals surface area contributed by atoms with E-state index in [0.29, 0.717) is 12.3 Å². The Balaban J connectivity index is 1.70. The third-order valence-electron chi connectivity index (χ3n) is 5.49. The van der Waals surface area contributed by atoms with Gasteiger partial charge in [-0.3, -0.25) is 9.59 Å². The van der Waals surface area contributed by atoms with E-state index in [1.54, 1.807) is 4.90 Å². The number of nitrogens with one attached hydrogen (secondary N) is 1. The first-order chi connectivity index (χ1) is 14.4. The third kappa shape index (κ3) is 6.61. The molecule has 1 aliphatic rings. The van der Waals surface area contributed by atoms with Crippen molar-refractivity contribution in [1.82, 2.24) is 10.2 Å². The lowest BCUT2D eigenvalue weighted by Crippen LogP contribution is -2.50. The van der Waals surface area contributed by atoms with Gasteiger partial charge in [0, 0.05) is 22.0 Å². The average molecular weight is 489 g/mol. The molecule has 1 saturated carbocycles. The van der Waals surface area contributed by atoms with Gasteiger partial charge in [0.1, 0.15) is 6.04 Å². The summed E-state index contributed by atoms with van der Waals surface area (Å²) < 4.78 is 0.962. The number of thioether (sulfide) groups is 1. The van der Waals surface area contributed by atoms with Crippen LogP contribution in [-0.2, 0) is 16.1 Å². The van der Waals surface area contributed by atoms with Crippen molar-refractivity contribution < 1.29 is 9.59 Å². The predicted molar refractivity (Wildman–Crippen MR) is 126 cm³/mol. The normalized spacial score (nSPS) is 15.0. The van der Waals surface area contributed by atoms with Crippen LogP contribution in [0.25, 0.3) is 0 Å². The highest BCUT2D eigenvalue weighted by molar-refractivity contribution is 9.10. The van der Waals surface area contributed by atoms with Gasteiger partial charge in [0.25, 0.3) is 0 Å². The maximum absolute atomic E-state index is 13.2. The number of carbonyl (C=O) groups excluding carboxylic acids is 2. The van der Waals surface area contributed by atoms with Crippen LogP contribution in [0.2, 0.25) is 0 Å². The van der Waals surface area contributed by atoms with Crippen molar-refractivity contribution in [3.63, 3.8) is 0 Å². The molecule has 6 heteroatoms. The number of hydrogen-bond donors (Lipinski definition) is 1. The molecule has 1 atom stereocenters. The van der Waals surface area contributed by atoms with Gasteiger partial charge in [-0.1, -0.05) is 58.6 Å². The van der Waals surface area contributed by atoms with Crippen LogP contribution in [0.1, 0.15) is 43.7 Å². The molecule has 0 spiro atoms. The van der Waals surface area contributed by atoms with E-state index in [1.165, 1.54) is 17.3 Å². The largest absolute Gasteiger partial charge is 0.352 e. The fraction of sp³-hybridized carbons (Fsp3) is 0.417. The van der Waals surface area contributed by atoms with Crippen molar-refractivity contribution in [3.8, 4) is 0 Å². The highest BCUT2D eigenvalue weighted by Gasteiger charge is 2.28. The van der Waals surface area contributed by atoms with Crippen LogP contribution < -0.4 is 5.32 Å². The molecule has 4 nitrogen and oxygen atoms in total. The first kappa shape index (κ1) is 22.9. The van der Waals surface area contributed by atoms with E-state index >= 15 is 0 Å². The Bertz CT molecular complexity index is 866. The fourth-order valence-electron chi connectivity index (χ4n) is 3.67. The number of benzene rings is 2. The molecule has 3 rings (SSSR count). The number of aryl methyl sites for hydroxylation is 1. The van der Waals surface area contributed by atoms with E-state index in [0.717, 1.165) is 40.6 Å². The lowest BCUT2D eigenvalue weighted by atomic mass is 10.1. The monoisotopic (exact) mass is 488 g/mol. The maximum atomic E-state index is 13.2. The second kappa shape index (κ2) is 11.0. The molecule has 1 N–H and O–H groups in total. The van der Waals surface area contributed by atoms with Crippen LogP contribution >= 0.6 is 27.7 Å². The number of hydrogen-bond acceptors (Lipinski definition) is 3. The van der Waals surface area contributed by atoms with E-state index in [9.17, 15) is 9.59 Å². The molecule has 0 aliphatic heterocycles. The molecule has 0 unspecified atom stereocenters. The molecule has 1 aliphatic carbocycles. The number of nitrogens with zero attached hydrogens (tertiary/aromatic N) is 1. The van der Waals surface area contributed by atoms with Gasteiger partial charge in [0.2, 0.25) is 11.8 Å². The van der Waals surface area contributed by atoms with Crippen LogP contribution in [-0.4, -0.2) is 34.6 Å². The molecule has 2 aromatic rings. The molecule has 0 saturated heterocycles. The zero-order valence-corrected chi connectivity index (χ0v) is 20.0. The van der Waals surface area contributed by atoms with Gasteiger partial charge in [-0.15, -0.1) is 11.8 Å². The number of amides is 2. The van der Waals surface area contributed by atoms with E-state index < -0.39 is 6.04 Å². The standard InChI is InChI=1S/C24H29BrN2O2S/c1-17-10-12-22(13-11-17)30-16-23(28)27(15-19-6-5-7-20(25)14-19)18(2)24(29)26-21-8-3-4-9-21/h5-7,10-14,18,21H,3-4,8-9,15-16H2,1-2H3,(H,26,29)/t18-/m0/s1. The summed E-state index contributed by atoms with van der Waals surface area (Å²) in [4.78, 5) is 28.8. The molecule has 2 amide bonds.